The number of aliphatic hydroxyl groups excluding tert-OH is 1. The third-order valence-corrected chi connectivity index (χ3v) is 4.94. The molecule has 0 aromatic rings. The Hall–Kier alpha value is -0.0800. The van der Waals surface area contributed by atoms with Crippen LogP contribution < -0.4 is 5.32 Å². The maximum atomic E-state index is 10.5. The predicted molar refractivity (Wildman–Crippen MR) is 60.6 cm³/mol. The lowest BCUT2D eigenvalue weighted by atomic mass is 9.67. The topological polar surface area (TPSA) is 32.3 Å². The van der Waals surface area contributed by atoms with E-state index >= 15 is 0 Å². The van der Waals surface area contributed by atoms with Crippen molar-refractivity contribution in [3.05, 3.63) is 0 Å². The molecule has 2 aliphatic carbocycles. The normalized spacial score (nSPS) is 50.6. The van der Waals surface area contributed by atoms with Crippen LogP contribution in [0, 0.1) is 11.8 Å². The van der Waals surface area contributed by atoms with Crippen LogP contribution in [-0.2, 0) is 0 Å². The van der Waals surface area contributed by atoms with E-state index in [9.17, 15) is 5.11 Å². The van der Waals surface area contributed by atoms with Crippen LogP contribution in [-0.4, -0.2) is 23.3 Å². The highest BCUT2D eigenvalue weighted by atomic mass is 16.3. The Morgan fingerprint density at radius 3 is 1.73 bits per heavy atom. The van der Waals surface area contributed by atoms with E-state index < -0.39 is 0 Å². The number of hydrogen-bond acceptors (Lipinski definition) is 2. The van der Waals surface area contributed by atoms with Crippen molar-refractivity contribution in [3.63, 3.8) is 0 Å². The summed E-state index contributed by atoms with van der Waals surface area (Å²) in [6, 6.07) is 1.26. The molecular weight excluding hydrogens is 186 g/mol. The predicted octanol–water partition coefficient (Wildman–Crippen LogP) is 2.07. The molecule has 0 radical (unpaired) electrons. The minimum atomic E-state index is 0.00171. The van der Waals surface area contributed by atoms with E-state index in [2.05, 4.69) is 5.32 Å². The van der Waals surface area contributed by atoms with Gasteiger partial charge in [-0.1, -0.05) is 25.7 Å². The Morgan fingerprint density at radius 2 is 1.20 bits per heavy atom. The quantitative estimate of drug-likeness (QED) is 0.640. The minimum Gasteiger partial charge on any atom is -0.392 e. The number of nitrogens with one attached hydrogen (secondary N) is 1. The van der Waals surface area contributed by atoms with E-state index in [1.54, 1.807) is 0 Å². The zero-order chi connectivity index (χ0) is 10.3. The molecule has 3 aliphatic rings. The van der Waals surface area contributed by atoms with Crippen molar-refractivity contribution in [1.82, 2.24) is 5.32 Å². The van der Waals surface area contributed by atoms with Crippen LogP contribution in [0.1, 0.15) is 51.4 Å². The summed E-state index contributed by atoms with van der Waals surface area (Å²) in [6.07, 6.45) is 10.5. The molecule has 1 heterocycles. The van der Waals surface area contributed by atoms with Crippen LogP contribution in [0.25, 0.3) is 0 Å². The van der Waals surface area contributed by atoms with Gasteiger partial charge in [0, 0.05) is 23.9 Å². The third kappa shape index (κ3) is 1.72. The number of aliphatic hydroxyl groups is 1. The maximum absolute atomic E-state index is 10.5. The smallest absolute Gasteiger partial charge is 0.0626 e. The molecule has 15 heavy (non-hydrogen) atoms. The summed E-state index contributed by atoms with van der Waals surface area (Å²) in [4.78, 5) is 0. The number of hydrogen-bond donors (Lipinski definition) is 2. The molecule has 2 nitrogen and oxygen atoms in total. The van der Waals surface area contributed by atoms with E-state index in [4.69, 9.17) is 0 Å². The van der Waals surface area contributed by atoms with Crippen molar-refractivity contribution in [2.24, 2.45) is 11.8 Å². The molecule has 0 aromatic heterocycles. The van der Waals surface area contributed by atoms with Gasteiger partial charge in [-0.15, -0.1) is 0 Å². The lowest BCUT2D eigenvalue weighted by Gasteiger charge is -2.50. The number of rotatable bonds is 0. The van der Waals surface area contributed by atoms with Crippen molar-refractivity contribution >= 4 is 0 Å². The van der Waals surface area contributed by atoms with Gasteiger partial charge in [0.1, 0.15) is 0 Å². The molecule has 0 spiro atoms. The zero-order valence-electron chi connectivity index (χ0n) is 9.49. The highest BCUT2D eigenvalue weighted by Gasteiger charge is 2.44. The van der Waals surface area contributed by atoms with Gasteiger partial charge in [0.2, 0.25) is 0 Å². The van der Waals surface area contributed by atoms with Gasteiger partial charge in [-0.25, -0.2) is 0 Å². The van der Waals surface area contributed by atoms with Crippen LogP contribution in [0.5, 0.6) is 0 Å². The number of fused-ring (bicyclic) bond motifs is 2. The molecule has 0 amide bonds. The van der Waals surface area contributed by atoms with E-state index in [1.807, 2.05) is 0 Å². The van der Waals surface area contributed by atoms with Crippen molar-refractivity contribution < 1.29 is 5.11 Å². The summed E-state index contributed by atoms with van der Waals surface area (Å²) in [5, 5.41) is 14.3. The summed E-state index contributed by atoms with van der Waals surface area (Å²) < 4.78 is 0. The first kappa shape index (κ1) is 10.1. The largest absolute Gasteiger partial charge is 0.392 e. The standard InChI is InChI=1S/C13H23NO/c15-13-9-5-1-3-7-11(9)14-12-8-4-2-6-10(12)13/h9-15H,1-8H2/t9-,10+,11-,12-,13?/m0/s1. The minimum absolute atomic E-state index is 0.00171. The molecule has 1 saturated heterocycles. The maximum Gasteiger partial charge on any atom is 0.0626 e. The van der Waals surface area contributed by atoms with Crippen LogP contribution >= 0.6 is 0 Å². The average Bonchev–Trinajstić information content (AvgIpc) is 2.30. The van der Waals surface area contributed by atoms with E-state index in [-0.39, 0.29) is 6.10 Å². The molecule has 1 aliphatic heterocycles. The molecule has 2 N–H and O–H groups in total. The Labute approximate surface area is 92.4 Å². The first-order chi connectivity index (χ1) is 7.36. The van der Waals surface area contributed by atoms with Crippen molar-refractivity contribution in [1.29, 1.82) is 0 Å². The summed E-state index contributed by atoms with van der Waals surface area (Å²) in [5.74, 6) is 1.14. The Morgan fingerprint density at radius 1 is 0.733 bits per heavy atom. The molecule has 3 rings (SSSR count). The van der Waals surface area contributed by atoms with Crippen molar-refractivity contribution in [3.8, 4) is 0 Å². The van der Waals surface area contributed by atoms with Gasteiger partial charge in [0.05, 0.1) is 6.10 Å². The fraction of sp³-hybridized carbons (Fsp3) is 1.00. The third-order valence-electron chi connectivity index (χ3n) is 4.94. The molecular formula is C13H23NO. The van der Waals surface area contributed by atoms with Crippen molar-refractivity contribution in [2.45, 2.75) is 69.6 Å². The lowest BCUT2D eigenvalue weighted by molar-refractivity contribution is -0.0478. The Balaban J connectivity index is 1.76. The van der Waals surface area contributed by atoms with Gasteiger partial charge in [0.15, 0.2) is 0 Å². The molecule has 1 unspecified atom stereocenters. The van der Waals surface area contributed by atoms with E-state index in [0.29, 0.717) is 23.9 Å². The molecule has 3 fully saturated rings. The van der Waals surface area contributed by atoms with Gasteiger partial charge < -0.3 is 10.4 Å². The molecule has 0 bridgehead atoms. The lowest BCUT2D eigenvalue weighted by Crippen LogP contribution is -2.60. The van der Waals surface area contributed by atoms with Gasteiger partial charge in [-0.2, -0.15) is 0 Å². The van der Waals surface area contributed by atoms with Gasteiger partial charge in [-0.3, -0.25) is 0 Å². The molecule has 5 atom stereocenters. The highest BCUT2D eigenvalue weighted by molar-refractivity contribution is 5.00. The second kappa shape index (κ2) is 4.06. The molecule has 86 valence electrons. The van der Waals surface area contributed by atoms with Crippen LogP contribution in [0.15, 0.2) is 0 Å². The average molecular weight is 209 g/mol. The van der Waals surface area contributed by atoms with Gasteiger partial charge >= 0.3 is 0 Å². The summed E-state index contributed by atoms with van der Waals surface area (Å²) in [5.41, 5.74) is 0. The summed E-state index contributed by atoms with van der Waals surface area (Å²) >= 11 is 0. The van der Waals surface area contributed by atoms with Gasteiger partial charge in [0.25, 0.3) is 0 Å². The molecule has 0 aromatic carbocycles. The zero-order valence-corrected chi connectivity index (χ0v) is 9.49. The molecule has 2 heteroatoms. The summed E-state index contributed by atoms with van der Waals surface area (Å²) in [6.45, 7) is 0. The van der Waals surface area contributed by atoms with Crippen LogP contribution in [0.3, 0.4) is 0 Å². The summed E-state index contributed by atoms with van der Waals surface area (Å²) in [7, 11) is 0. The second-order valence-corrected chi connectivity index (χ2v) is 5.77. The first-order valence-electron chi connectivity index (χ1n) is 6.80. The second-order valence-electron chi connectivity index (χ2n) is 5.77. The highest BCUT2D eigenvalue weighted by Crippen LogP contribution is 2.40. The van der Waals surface area contributed by atoms with Crippen LogP contribution in [0.4, 0.5) is 0 Å². The van der Waals surface area contributed by atoms with Crippen LogP contribution in [0.2, 0.25) is 0 Å². The monoisotopic (exact) mass is 209 g/mol. The Kier molecular flexibility index (Phi) is 2.73. The van der Waals surface area contributed by atoms with E-state index in [1.165, 1.54) is 51.4 Å². The van der Waals surface area contributed by atoms with Crippen molar-refractivity contribution in [2.75, 3.05) is 0 Å². The Bertz CT molecular complexity index is 209. The van der Waals surface area contributed by atoms with E-state index in [0.717, 1.165) is 0 Å². The molecule has 2 saturated carbocycles. The first-order valence-corrected chi connectivity index (χ1v) is 6.80. The number of piperidine rings is 1. The fourth-order valence-corrected chi connectivity index (χ4v) is 4.14. The fourth-order valence-electron chi connectivity index (χ4n) is 4.14. The SMILES string of the molecule is OC1[C@H]2CCCC[C@@H]2N[C@H]2CCCC[C@@H]12. The van der Waals surface area contributed by atoms with Gasteiger partial charge in [-0.05, 0) is 25.7 Å².